The van der Waals surface area contributed by atoms with Crippen LogP contribution >= 0.6 is 0 Å². The Morgan fingerprint density at radius 1 is 0.929 bits per heavy atom. The van der Waals surface area contributed by atoms with Gasteiger partial charge in [-0.05, 0) is 48.4 Å². The van der Waals surface area contributed by atoms with Crippen molar-refractivity contribution >= 4 is 11.6 Å². The second-order valence-corrected chi connectivity index (χ2v) is 6.74. The highest BCUT2D eigenvalue weighted by molar-refractivity contribution is 6.06. The molecule has 0 atom stereocenters. The summed E-state index contributed by atoms with van der Waals surface area (Å²) in [5.41, 5.74) is 5.27. The van der Waals surface area contributed by atoms with E-state index < -0.39 is 0 Å². The molecule has 2 aromatic carbocycles. The third kappa shape index (κ3) is 2.77. The predicted molar refractivity (Wildman–Crippen MR) is 109 cm³/mol. The topological polar surface area (TPSA) is 51.0 Å². The SMILES string of the molecule is O=C(c1cc(-c2cccnc2)n(-c2ccccc2)n1)N1CCc2ccccc21. The number of rotatable bonds is 3. The van der Waals surface area contributed by atoms with Gasteiger partial charge in [-0.3, -0.25) is 9.78 Å². The minimum absolute atomic E-state index is 0.0789. The molecule has 0 saturated carbocycles. The number of anilines is 1. The molecule has 0 spiro atoms. The molecule has 1 aliphatic heterocycles. The fourth-order valence-corrected chi connectivity index (χ4v) is 3.66. The fourth-order valence-electron chi connectivity index (χ4n) is 3.66. The molecule has 5 rings (SSSR count). The van der Waals surface area contributed by atoms with Crippen LogP contribution in [0.25, 0.3) is 16.9 Å². The van der Waals surface area contributed by atoms with E-state index in [0.717, 1.165) is 29.1 Å². The fraction of sp³-hybridized carbons (Fsp3) is 0.0870. The molecule has 0 N–H and O–H groups in total. The lowest BCUT2D eigenvalue weighted by molar-refractivity contribution is 0.0984. The summed E-state index contributed by atoms with van der Waals surface area (Å²) in [7, 11) is 0. The van der Waals surface area contributed by atoms with Gasteiger partial charge in [0.15, 0.2) is 5.69 Å². The van der Waals surface area contributed by atoms with Crippen molar-refractivity contribution in [3.8, 4) is 16.9 Å². The van der Waals surface area contributed by atoms with Crippen LogP contribution in [0.2, 0.25) is 0 Å². The van der Waals surface area contributed by atoms with Crippen LogP contribution in [0.5, 0.6) is 0 Å². The van der Waals surface area contributed by atoms with Crippen molar-refractivity contribution in [1.29, 1.82) is 0 Å². The third-order valence-electron chi connectivity index (χ3n) is 5.02. The van der Waals surface area contributed by atoms with Crippen molar-refractivity contribution in [2.75, 3.05) is 11.4 Å². The van der Waals surface area contributed by atoms with E-state index in [0.29, 0.717) is 12.2 Å². The largest absolute Gasteiger partial charge is 0.306 e. The van der Waals surface area contributed by atoms with Crippen molar-refractivity contribution in [3.63, 3.8) is 0 Å². The summed E-state index contributed by atoms with van der Waals surface area (Å²) in [6.45, 7) is 0.679. The molecule has 5 nitrogen and oxygen atoms in total. The molecular weight excluding hydrogens is 348 g/mol. The summed E-state index contributed by atoms with van der Waals surface area (Å²) in [4.78, 5) is 19.3. The normalized spacial score (nSPS) is 12.8. The molecule has 0 radical (unpaired) electrons. The zero-order valence-corrected chi connectivity index (χ0v) is 15.2. The number of carbonyl (C=O) groups is 1. The minimum Gasteiger partial charge on any atom is -0.306 e. The number of fused-ring (bicyclic) bond motifs is 1. The smallest absolute Gasteiger partial charge is 0.278 e. The molecule has 0 bridgehead atoms. The lowest BCUT2D eigenvalue weighted by atomic mass is 10.1. The number of pyridine rings is 1. The Bertz CT molecular complexity index is 1080. The molecule has 28 heavy (non-hydrogen) atoms. The summed E-state index contributed by atoms with van der Waals surface area (Å²) in [5, 5.41) is 4.67. The lowest BCUT2D eigenvalue weighted by Gasteiger charge is -2.15. The van der Waals surface area contributed by atoms with Crippen LogP contribution in [-0.2, 0) is 6.42 Å². The Morgan fingerprint density at radius 3 is 2.57 bits per heavy atom. The van der Waals surface area contributed by atoms with E-state index in [9.17, 15) is 4.79 Å². The van der Waals surface area contributed by atoms with Gasteiger partial charge in [-0.2, -0.15) is 5.10 Å². The van der Waals surface area contributed by atoms with Gasteiger partial charge in [0.1, 0.15) is 0 Å². The van der Waals surface area contributed by atoms with E-state index in [1.165, 1.54) is 5.56 Å². The molecule has 0 aliphatic carbocycles. The summed E-state index contributed by atoms with van der Waals surface area (Å²) in [6, 6.07) is 23.6. The molecule has 1 aliphatic rings. The Labute approximate surface area is 162 Å². The van der Waals surface area contributed by atoms with Gasteiger partial charge in [-0.15, -0.1) is 0 Å². The summed E-state index contributed by atoms with van der Waals surface area (Å²) < 4.78 is 1.81. The molecule has 4 aromatic rings. The van der Waals surface area contributed by atoms with Crippen molar-refractivity contribution in [2.45, 2.75) is 6.42 Å². The predicted octanol–water partition coefficient (Wildman–Crippen LogP) is 4.14. The lowest BCUT2D eigenvalue weighted by Crippen LogP contribution is -2.29. The van der Waals surface area contributed by atoms with Crippen LogP contribution in [-0.4, -0.2) is 27.2 Å². The number of hydrogen-bond acceptors (Lipinski definition) is 3. The van der Waals surface area contributed by atoms with Crippen LogP contribution in [0.1, 0.15) is 16.1 Å². The van der Waals surface area contributed by atoms with Crippen LogP contribution in [0.15, 0.2) is 85.2 Å². The van der Waals surface area contributed by atoms with Gasteiger partial charge < -0.3 is 4.90 Å². The number of hydrogen-bond donors (Lipinski definition) is 0. The number of nitrogens with zero attached hydrogens (tertiary/aromatic N) is 4. The molecule has 2 aromatic heterocycles. The van der Waals surface area contributed by atoms with E-state index in [-0.39, 0.29) is 5.91 Å². The highest BCUT2D eigenvalue weighted by Crippen LogP contribution is 2.30. The first kappa shape index (κ1) is 16.4. The van der Waals surface area contributed by atoms with Crippen molar-refractivity contribution in [3.05, 3.63) is 96.4 Å². The quantitative estimate of drug-likeness (QED) is 0.548. The second-order valence-electron chi connectivity index (χ2n) is 6.74. The van der Waals surface area contributed by atoms with Crippen molar-refractivity contribution < 1.29 is 4.79 Å². The highest BCUT2D eigenvalue weighted by atomic mass is 16.2. The van der Waals surface area contributed by atoms with Gasteiger partial charge in [-0.25, -0.2) is 4.68 Å². The zero-order valence-electron chi connectivity index (χ0n) is 15.2. The average molecular weight is 366 g/mol. The van der Waals surface area contributed by atoms with Gasteiger partial charge in [-0.1, -0.05) is 36.4 Å². The van der Waals surface area contributed by atoms with Crippen LogP contribution < -0.4 is 4.90 Å². The molecule has 0 unspecified atom stereocenters. The monoisotopic (exact) mass is 366 g/mol. The Kier molecular flexibility index (Phi) is 3.98. The minimum atomic E-state index is -0.0789. The van der Waals surface area contributed by atoms with E-state index >= 15 is 0 Å². The van der Waals surface area contributed by atoms with E-state index in [1.807, 2.05) is 76.3 Å². The second kappa shape index (κ2) is 6.78. The van der Waals surface area contributed by atoms with E-state index in [1.54, 1.807) is 12.4 Å². The van der Waals surface area contributed by atoms with Gasteiger partial charge in [0.05, 0.1) is 11.4 Å². The van der Waals surface area contributed by atoms with Gasteiger partial charge in [0.25, 0.3) is 5.91 Å². The molecular formula is C23H18N4O. The number of para-hydroxylation sites is 2. The summed E-state index contributed by atoms with van der Waals surface area (Å²) in [5.74, 6) is -0.0789. The Morgan fingerprint density at radius 2 is 1.75 bits per heavy atom. The summed E-state index contributed by atoms with van der Waals surface area (Å²) >= 11 is 0. The number of benzene rings is 2. The van der Waals surface area contributed by atoms with Crippen LogP contribution in [0.4, 0.5) is 5.69 Å². The van der Waals surface area contributed by atoms with Crippen molar-refractivity contribution in [2.24, 2.45) is 0 Å². The molecule has 3 heterocycles. The van der Waals surface area contributed by atoms with Gasteiger partial charge in [0.2, 0.25) is 0 Å². The number of amides is 1. The van der Waals surface area contributed by atoms with E-state index in [2.05, 4.69) is 16.1 Å². The standard InChI is InChI=1S/C23H18N4O/c28-23(26-14-12-17-7-4-5-11-21(17)26)20-15-22(18-8-6-13-24-16-18)27(25-20)19-9-2-1-3-10-19/h1-11,13,15-16H,12,14H2. The maximum absolute atomic E-state index is 13.3. The first-order chi connectivity index (χ1) is 13.8. The van der Waals surface area contributed by atoms with Gasteiger partial charge >= 0.3 is 0 Å². The van der Waals surface area contributed by atoms with Crippen molar-refractivity contribution in [1.82, 2.24) is 14.8 Å². The van der Waals surface area contributed by atoms with E-state index in [4.69, 9.17) is 0 Å². The maximum atomic E-state index is 13.3. The van der Waals surface area contributed by atoms with Gasteiger partial charge in [0, 0.05) is 30.2 Å². The third-order valence-corrected chi connectivity index (χ3v) is 5.02. The highest BCUT2D eigenvalue weighted by Gasteiger charge is 2.28. The number of aromatic nitrogens is 3. The molecule has 1 amide bonds. The average Bonchev–Trinajstić information content (AvgIpc) is 3.40. The molecule has 136 valence electrons. The zero-order chi connectivity index (χ0) is 18.9. The molecule has 0 fully saturated rings. The van der Waals surface area contributed by atoms with Crippen LogP contribution in [0.3, 0.4) is 0 Å². The first-order valence-corrected chi connectivity index (χ1v) is 9.27. The first-order valence-electron chi connectivity index (χ1n) is 9.27. The molecule has 5 heteroatoms. The maximum Gasteiger partial charge on any atom is 0.278 e. The van der Waals surface area contributed by atoms with Crippen LogP contribution in [0, 0.1) is 0 Å². The molecule has 0 saturated heterocycles. The summed E-state index contributed by atoms with van der Waals surface area (Å²) in [6.07, 6.45) is 4.40. The number of carbonyl (C=O) groups excluding carboxylic acids is 1. The Hall–Kier alpha value is -3.73. The Balaban J connectivity index is 1.60.